The van der Waals surface area contributed by atoms with Crippen LogP contribution in [-0.2, 0) is 22.5 Å². The van der Waals surface area contributed by atoms with Gasteiger partial charge in [0, 0.05) is 58.0 Å². The lowest BCUT2D eigenvalue weighted by Gasteiger charge is -2.38. The Bertz CT molecular complexity index is 1310. The average Bonchev–Trinajstić information content (AvgIpc) is 2.92. The molecule has 3 aromatic rings. The maximum absolute atomic E-state index is 13.2. The molecule has 2 aliphatic heterocycles. The molecule has 1 aromatic heterocycles. The molecule has 2 fully saturated rings. The van der Waals surface area contributed by atoms with Crippen LogP contribution in [0.15, 0.2) is 47.5 Å². The molecular weight excluding hydrogens is 511 g/mol. The zero-order valence-corrected chi connectivity index (χ0v) is 22.4. The van der Waals surface area contributed by atoms with E-state index in [0.717, 1.165) is 75.9 Å². The molecule has 2 saturated heterocycles. The maximum atomic E-state index is 13.2. The van der Waals surface area contributed by atoms with E-state index in [1.807, 2.05) is 24.3 Å². The van der Waals surface area contributed by atoms with Crippen molar-refractivity contribution in [2.75, 3.05) is 50.8 Å². The van der Waals surface area contributed by atoms with E-state index in [1.54, 1.807) is 12.1 Å². The summed E-state index contributed by atoms with van der Waals surface area (Å²) in [5.41, 5.74) is 2.42. The summed E-state index contributed by atoms with van der Waals surface area (Å²) in [5, 5.41) is 1.50. The van der Waals surface area contributed by atoms with Crippen molar-refractivity contribution in [1.29, 1.82) is 0 Å². The van der Waals surface area contributed by atoms with Crippen LogP contribution in [-0.4, -0.2) is 66.2 Å². The Morgan fingerprint density at radius 1 is 1.00 bits per heavy atom. The van der Waals surface area contributed by atoms with E-state index in [0.29, 0.717) is 33.8 Å². The van der Waals surface area contributed by atoms with Gasteiger partial charge in [0.2, 0.25) is 0 Å². The summed E-state index contributed by atoms with van der Waals surface area (Å²) in [6.45, 7) is 6.79. The van der Waals surface area contributed by atoms with Gasteiger partial charge in [-0.25, -0.2) is 4.98 Å². The number of anilines is 1. The van der Waals surface area contributed by atoms with Crippen LogP contribution in [0.2, 0.25) is 10.0 Å². The first-order valence-corrected chi connectivity index (χ1v) is 13.7. The number of rotatable bonds is 8. The largest absolute Gasteiger partial charge is 0.381 e. The molecule has 37 heavy (non-hydrogen) atoms. The number of aryl methyl sites for hydroxylation is 1. The zero-order chi connectivity index (χ0) is 25.8. The number of Topliss-reactive ketones (excluding diaryl/α,β-unsaturated/α-hetero) is 1. The van der Waals surface area contributed by atoms with Crippen LogP contribution in [0.5, 0.6) is 0 Å². The van der Waals surface area contributed by atoms with Crippen molar-refractivity contribution in [2.45, 2.75) is 32.2 Å². The van der Waals surface area contributed by atoms with Gasteiger partial charge < -0.3 is 9.64 Å². The molecule has 0 bridgehead atoms. The molecule has 0 unspecified atom stereocenters. The first-order valence-electron chi connectivity index (χ1n) is 13.0. The Morgan fingerprint density at radius 2 is 1.78 bits per heavy atom. The highest BCUT2D eigenvalue weighted by Gasteiger charge is 2.22. The summed E-state index contributed by atoms with van der Waals surface area (Å²) >= 11 is 12.0. The third-order valence-electron chi connectivity index (χ3n) is 7.43. The van der Waals surface area contributed by atoms with Gasteiger partial charge in [0.05, 0.1) is 33.8 Å². The summed E-state index contributed by atoms with van der Waals surface area (Å²) < 4.78 is 6.90. The van der Waals surface area contributed by atoms with Crippen LogP contribution in [0.25, 0.3) is 10.9 Å². The number of hydrogen-bond acceptors (Lipinski definition) is 6. The molecule has 0 aliphatic carbocycles. The van der Waals surface area contributed by atoms with E-state index in [4.69, 9.17) is 27.9 Å². The fourth-order valence-corrected chi connectivity index (χ4v) is 5.51. The van der Waals surface area contributed by atoms with Crippen LogP contribution in [0.3, 0.4) is 0 Å². The highest BCUT2D eigenvalue weighted by molar-refractivity contribution is 6.42. The minimum atomic E-state index is -0.187. The highest BCUT2D eigenvalue weighted by Crippen LogP contribution is 2.24. The summed E-state index contributed by atoms with van der Waals surface area (Å²) in [6, 6.07) is 11.2. The Morgan fingerprint density at radius 3 is 2.54 bits per heavy atom. The van der Waals surface area contributed by atoms with Crippen LogP contribution < -0.4 is 10.5 Å². The second kappa shape index (κ2) is 11.9. The van der Waals surface area contributed by atoms with Crippen molar-refractivity contribution in [3.63, 3.8) is 0 Å². The number of carbonyl (C=O) groups is 1. The van der Waals surface area contributed by atoms with Gasteiger partial charge >= 0.3 is 0 Å². The van der Waals surface area contributed by atoms with E-state index in [1.165, 1.54) is 10.9 Å². The fraction of sp³-hybridized carbons (Fsp3) is 0.464. The van der Waals surface area contributed by atoms with Gasteiger partial charge in [-0.15, -0.1) is 0 Å². The lowest BCUT2D eigenvalue weighted by atomic mass is 9.99. The molecule has 0 spiro atoms. The van der Waals surface area contributed by atoms with E-state index >= 15 is 0 Å². The van der Waals surface area contributed by atoms with E-state index in [2.05, 4.69) is 14.8 Å². The SMILES string of the molecule is O=C(CCc1ccc(Cl)c(Cl)c1)Cn1cnc2ccc(N3CCN(CC4CCOCC4)CC3)cc2c1=O. The van der Waals surface area contributed by atoms with Crippen molar-refractivity contribution in [3.8, 4) is 0 Å². The molecule has 7 nitrogen and oxygen atoms in total. The number of nitrogens with zero attached hydrogens (tertiary/aromatic N) is 4. The number of ketones is 1. The summed E-state index contributed by atoms with van der Waals surface area (Å²) in [6.07, 6.45) is 4.62. The molecule has 0 saturated carbocycles. The zero-order valence-electron chi connectivity index (χ0n) is 20.9. The predicted molar refractivity (Wildman–Crippen MR) is 148 cm³/mol. The molecule has 3 heterocycles. The molecule has 0 amide bonds. The molecule has 2 aliphatic rings. The lowest BCUT2D eigenvalue weighted by molar-refractivity contribution is -0.119. The van der Waals surface area contributed by atoms with Gasteiger partial charge in [0.25, 0.3) is 5.56 Å². The molecule has 9 heteroatoms. The molecule has 0 radical (unpaired) electrons. The smallest absolute Gasteiger partial charge is 0.261 e. The number of ether oxygens (including phenoxy) is 1. The van der Waals surface area contributed by atoms with Crippen molar-refractivity contribution in [1.82, 2.24) is 14.5 Å². The van der Waals surface area contributed by atoms with Gasteiger partial charge in [-0.2, -0.15) is 0 Å². The number of aromatic nitrogens is 2. The molecule has 0 N–H and O–H groups in total. The first kappa shape index (κ1) is 26.2. The topological polar surface area (TPSA) is 67.7 Å². The quantitative estimate of drug-likeness (QED) is 0.418. The van der Waals surface area contributed by atoms with Crippen LogP contribution in [0.4, 0.5) is 5.69 Å². The maximum Gasteiger partial charge on any atom is 0.261 e. The van der Waals surface area contributed by atoms with Gasteiger partial charge in [-0.3, -0.25) is 19.1 Å². The fourth-order valence-electron chi connectivity index (χ4n) is 5.19. The molecule has 196 valence electrons. The minimum Gasteiger partial charge on any atom is -0.381 e. The Hall–Kier alpha value is -2.45. The number of benzene rings is 2. The third kappa shape index (κ3) is 6.52. The average molecular weight is 543 g/mol. The monoisotopic (exact) mass is 542 g/mol. The number of fused-ring (bicyclic) bond motifs is 1. The van der Waals surface area contributed by atoms with Gasteiger partial charge in [-0.1, -0.05) is 29.3 Å². The van der Waals surface area contributed by atoms with Crippen molar-refractivity contribution in [3.05, 3.63) is 68.7 Å². The first-order chi connectivity index (χ1) is 18.0. The third-order valence-corrected chi connectivity index (χ3v) is 8.16. The number of piperazine rings is 1. The van der Waals surface area contributed by atoms with Crippen LogP contribution >= 0.6 is 23.2 Å². The molecular formula is C28H32Cl2N4O3. The summed E-state index contributed by atoms with van der Waals surface area (Å²) in [7, 11) is 0. The predicted octanol–water partition coefficient (Wildman–Crippen LogP) is 4.45. The minimum absolute atomic E-state index is 0.00178. The second-order valence-electron chi connectivity index (χ2n) is 10.0. The second-order valence-corrected chi connectivity index (χ2v) is 10.8. The normalized spacial score (nSPS) is 17.4. The van der Waals surface area contributed by atoms with Gasteiger partial charge in [0.15, 0.2) is 5.78 Å². The van der Waals surface area contributed by atoms with Crippen molar-refractivity contribution < 1.29 is 9.53 Å². The standard InChI is InChI=1S/C28H32Cl2N4O3/c29-25-5-2-20(15-26(25)30)1-4-23(35)18-34-19-31-27-6-3-22(16-24(27)28(34)36)33-11-9-32(10-12-33)17-21-7-13-37-14-8-21/h2-3,5-6,15-16,19,21H,1,4,7-14,17-18H2. The van der Waals surface area contributed by atoms with Crippen molar-refractivity contribution in [2.24, 2.45) is 5.92 Å². The Balaban J connectivity index is 1.21. The van der Waals surface area contributed by atoms with Gasteiger partial charge in [-0.05, 0) is 61.1 Å². The Labute approximate surface area is 226 Å². The highest BCUT2D eigenvalue weighted by atomic mass is 35.5. The van der Waals surface area contributed by atoms with Crippen molar-refractivity contribution >= 4 is 45.6 Å². The number of carbonyl (C=O) groups excluding carboxylic acids is 1. The molecule has 2 aromatic carbocycles. The Kier molecular flexibility index (Phi) is 8.45. The number of halogens is 2. The lowest BCUT2D eigenvalue weighted by Crippen LogP contribution is -2.48. The van der Waals surface area contributed by atoms with E-state index in [9.17, 15) is 9.59 Å². The molecule has 5 rings (SSSR count). The summed E-state index contributed by atoms with van der Waals surface area (Å²) in [5.74, 6) is 0.698. The summed E-state index contributed by atoms with van der Waals surface area (Å²) in [4.78, 5) is 35.2. The van der Waals surface area contributed by atoms with E-state index < -0.39 is 0 Å². The van der Waals surface area contributed by atoms with Crippen LogP contribution in [0, 0.1) is 5.92 Å². The van der Waals surface area contributed by atoms with E-state index in [-0.39, 0.29) is 17.9 Å². The van der Waals surface area contributed by atoms with Crippen LogP contribution in [0.1, 0.15) is 24.8 Å². The van der Waals surface area contributed by atoms with Gasteiger partial charge in [0.1, 0.15) is 0 Å². The molecule has 0 atom stereocenters. The number of hydrogen-bond donors (Lipinski definition) is 0.